The number of ether oxygens (including phenoxy) is 3. The van der Waals surface area contributed by atoms with Gasteiger partial charge < -0.3 is 14.2 Å². The molecule has 0 saturated heterocycles. The van der Waals surface area contributed by atoms with E-state index in [1.54, 1.807) is 0 Å². The Bertz CT molecular complexity index is 550. The van der Waals surface area contributed by atoms with Crippen LogP contribution in [0.15, 0.2) is 36.5 Å². The van der Waals surface area contributed by atoms with Crippen LogP contribution >= 0.6 is 0 Å². The van der Waals surface area contributed by atoms with Gasteiger partial charge in [0, 0.05) is 0 Å². The minimum absolute atomic E-state index is 0.146. The average molecular weight is 465 g/mol. The fourth-order valence-corrected chi connectivity index (χ4v) is 3.05. The lowest BCUT2D eigenvalue weighted by molar-refractivity contribution is -0.161. The van der Waals surface area contributed by atoms with Crippen molar-refractivity contribution in [2.45, 2.75) is 110 Å². The lowest BCUT2D eigenvalue weighted by Gasteiger charge is -2.15. The standard InChI is InChI=1S/C28H48O5/c1-4-7-10-13-16-19-22-31-26(28(30)33-24-21-18-15-12-9-6-3)25-27(29)32-23-20-17-14-11-8-5-2/h16-21,26H,4-15,22-25H2,1-3H3. The van der Waals surface area contributed by atoms with E-state index in [0.717, 1.165) is 38.5 Å². The summed E-state index contributed by atoms with van der Waals surface area (Å²) in [6, 6.07) is 0. The lowest BCUT2D eigenvalue weighted by Crippen LogP contribution is -2.30. The zero-order chi connectivity index (χ0) is 24.4. The van der Waals surface area contributed by atoms with Crippen LogP contribution in [0.3, 0.4) is 0 Å². The zero-order valence-electron chi connectivity index (χ0n) is 21.4. The van der Waals surface area contributed by atoms with Gasteiger partial charge in [0.2, 0.25) is 0 Å². The van der Waals surface area contributed by atoms with E-state index >= 15 is 0 Å². The SMILES string of the molecule is CCCCCC=CCOC(=O)CC(OCC=CCCCCC)C(=O)OCC=CCCCCC. The first kappa shape index (κ1) is 31.1. The Morgan fingerprint density at radius 1 is 0.606 bits per heavy atom. The summed E-state index contributed by atoms with van der Waals surface area (Å²) < 4.78 is 16.2. The second-order valence-electron chi connectivity index (χ2n) is 8.24. The molecule has 0 aromatic rings. The van der Waals surface area contributed by atoms with E-state index in [-0.39, 0.29) is 26.2 Å². The van der Waals surface area contributed by atoms with Crippen LogP contribution in [0, 0.1) is 0 Å². The quantitative estimate of drug-likeness (QED) is 0.0958. The molecule has 0 amide bonds. The van der Waals surface area contributed by atoms with Crippen molar-refractivity contribution in [3.05, 3.63) is 36.5 Å². The van der Waals surface area contributed by atoms with Gasteiger partial charge in [0.05, 0.1) is 13.0 Å². The van der Waals surface area contributed by atoms with Crippen LogP contribution in [0.25, 0.3) is 0 Å². The molecule has 0 N–H and O–H groups in total. The van der Waals surface area contributed by atoms with Crippen molar-refractivity contribution in [3.8, 4) is 0 Å². The topological polar surface area (TPSA) is 61.8 Å². The van der Waals surface area contributed by atoms with Crippen LogP contribution in [0.1, 0.15) is 104 Å². The fraction of sp³-hybridized carbons (Fsp3) is 0.714. The molecule has 0 saturated carbocycles. The van der Waals surface area contributed by atoms with E-state index in [1.165, 1.54) is 38.5 Å². The molecule has 0 bridgehead atoms. The molecule has 0 aliphatic carbocycles. The molecule has 1 atom stereocenters. The zero-order valence-corrected chi connectivity index (χ0v) is 21.4. The molecule has 5 heteroatoms. The maximum atomic E-state index is 12.5. The molecule has 0 aliphatic heterocycles. The van der Waals surface area contributed by atoms with Crippen molar-refractivity contribution >= 4 is 11.9 Å². The Morgan fingerprint density at radius 2 is 1.06 bits per heavy atom. The third kappa shape index (κ3) is 21.7. The van der Waals surface area contributed by atoms with E-state index in [4.69, 9.17) is 14.2 Å². The summed E-state index contributed by atoms with van der Waals surface area (Å²) in [4.78, 5) is 24.7. The van der Waals surface area contributed by atoms with Gasteiger partial charge in [0.1, 0.15) is 13.2 Å². The minimum atomic E-state index is -0.959. The maximum absolute atomic E-state index is 12.5. The molecule has 0 fully saturated rings. The summed E-state index contributed by atoms with van der Waals surface area (Å²) in [7, 11) is 0. The molecule has 0 aromatic carbocycles. The van der Waals surface area contributed by atoms with Crippen molar-refractivity contribution in [2.75, 3.05) is 19.8 Å². The Kier molecular flexibility index (Phi) is 23.3. The summed E-state index contributed by atoms with van der Waals surface area (Å²) in [6.07, 6.45) is 24.1. The molecule has 33 heavy (non-hydrogen) atoms. The van der Waals surface area contributed by atoms with E-state index in [9.17, 15) is 9.59 Å². The predicted octanol–water partition coefficient (Wildman–Crippen LogP) is 7.26. The first-order valence-electron chi connectivity index (χ1n) is 13.0. The van der Waals surface area contributed by atoms with E-state index in [1.807, 2.05) is 30.4 Å². The predicted molar refractivity (Wildman–Crippen MR) is 136 cm³/mol. The van der Waals surface area contributed by atoms with Gasteiger partial charge in [-0.2, -0.15) is 0 Å². The number of allylic oxidation sites excluding steroid dienone is 3. The fourth-order valence-electron chi connectivity index (χ4n) is 3.05. The summed E-state index contributed by atoms with van der Waals surface area (Å²) in [6.45, 7) is 7.17. The molecule has 0 aliphatic rings. The van der Waals surface area contributed by atoms with Gasteiger partial charge >= 0.3 is 11.9 Å². The third-order valence-corrected chi connectivity index (χ3v) is 5.09. The molecule has 0 heterocycles. The van der Waals surface area contributed by atoms with E-state index < -0.39 is 18.0 Å². The second kappa shape index (κ2) is 24.8. The highest BCUT2D eigenvalue weighted by Crippen LogP contribution is 2.07. The van der Waals surface area contributed by atoms with Gasteiger partial charge in [-0.3, -0.25) is 4.79 Å². The van der Waals surface area contributed by atoms with Crippen LogP contribution in [0.5, 0.6) is 0 Å². The van der Waals surface area contributed by atoms with E-state index in [0.29, 0.717) is 0 Å². The third-order valence-electron chi connectivity index (χ3n) is 5.09. The van der Waals surface area contributed by atoms with Gasteiger partial charge in [0.25, 0.3) is 0 Å². The van der Waals surface area contributed by atoms with Crippen LogP contribution < -0.4 is 0 Å². The van der Waals surface area contributed by atoms with Gasteiger partial charge in [-0.15, -0.1) is 0 Å². The van der Waals surface area contributed by atoms with E-state index in [2.05, 4.69) is 26.8 Å². The summed E-state index contributed by atoms with van der Waals surface area (Å²) in [5, 5.41) is 0. The normalized spacial score (nSPS) is 12.7. The molecule has 1 unspecified atom stereocenters. The number of unbranched alkanes of at least 4 members (excludes halogenated alkanes) is 9. The number of hydrogen-bond donors (Lipinski definition) is 0. The van der Waals surface area contributed by atoms with Gasteiger partial charge in [-0.25, -0.2) is 4.79 Å². The van der Waals surface area contributed by atoms with Crippen molar-refractivity contribution in [1.82, 2.24) is 0 Å². The molecule has 0 spiro atoms. The van der Waals surface area contributed by atoms with Crippen LogP contribution in [-0.4, -0.2) is 37.9 Å². The summed E-state index contributed by atoms with van der Waals surface area (Å²) in [5.41, 5.74) is 0. The lowest BCUT2D eigenvalue weighted by atomic mass is 10.2. The Balaban J connectivity index is 4.47. The van der Waals surface area contributed by atoms with Gasteiger partial charge in [0.15, 0.2) is 6.10 Å². The molecule has 0 aromatic heterocycles. The Hall–Kier alpha value is -1.88. The highest BCUT2D eigenvalue weighted by Gasteiger charge is 2.24. The molecule has 190 valence electrons. The maximum Gasteiger partial charge on any atom is 0.336 e. The molecular formula is C28H48O5. The van der Waals surface area contributed by atoms with Crippen molar-refractivity contribution in [3.63, 3.8) is 0 Å². The second-order valence-corrected chi connectivity index (χ2v) is 8.24. The smallest absolute Gasteiger partial charge is 0.336 e. The molecule has 0 rings (SSSR count). The number of esters is 2. The Labute approximate surface area is 202 Å². The first-order chi connectivity index (χ1) is 16.2. The number of carbonyl (C=O) groups is 2. The number of rotatable bonds is 22. The number of carbonyl (C=O) groups excluding carboxylic acids is 2. The molecular weight excluding hydrogens is 416 g/mol. The molecule has 0 radical (unpaired) electrons. The average Bonchev–Trinajstić information content (AvgIpc) is 2.81. The largest absolute Gasteiger partial charge is 0.461 e. The van der Waals surface area contributed by atoms with Gasteiger partial charge in [-0.05, 0) is 38.5 Å². The number of hydrogen-bond acceptors (Lipinski definition) is 5. The summed E-state index contributed by atoms with van der Waals surface area (Å²) >= 11 is 0. The van der Waals surface area contributed by atoms with Crippen LogP contribution in [0.2, 0.25) is 0 Å². The van der Waals surface area contributed by atoms with Gasteiger partial charge in [-0.1, -0.05) is 95.8 Å². The monoisotopic (exact) mass is 464 g/mol. The summed E-state index contributed by atoms with van der Waals surface area (Å²) in [5.74, 6) is -0.989. The molecule has 5 nitrogen and oxygen atoms in total. The highest BCUT2D eigenvalue weighted by atomic mass is 16.6. The van der Waals surface area contributed by atoms with Crippen LogP contribution in [-0.2, 0) is 23.8 Å². The Morgan fingerprint density at radius 3 is 1.55 bits per heavy atom. The van der Waals surface area contributed by atoms with Crippen LogP contribution in [0.4, 0.5) is 0 Å². The first-order valence-corrected chi connectivity index (χ1v) is 13.0. The van der Waals surface area contributed by atoms with Crippen molar-refractivity contribution in [2.24, 2.45) is 0 Å². The van der Waals surface area contributed by atoms with Crippen molar-refractivity contribution in [1.29, 1.82) is 0 Å². The minimum Gasteiger partial charge on any atom is -0.461 e. The highest BCUT2D eigenvalue weighted by molar-refractivity contribution is 5.82. The van der Waals surface area contributed by atoms with Crippen molar-refractivity contribution < 1.29 is 23.8 Å².